The van der Waals surface area contributed by atoms with E-state index in [-0.39, 0.29) is 10.3 Å². The Balaban J connectivity index is 1.27. The Kier molecular flexibility index (Phi) is 7.47. The predicted octanol–water partition coefficient (Wildman–Crippen LogP) is 4.00. The molecule has 0 saturated carbocycles. The smallest absolute Gasteiger partial charge is 0.252 e. The Morgan fingerprint density at radius 1 is 1.15 bits per heavy atom. The molecule has 1 atom stereocenters. The van der Waals surface area contributed by atoms with Crippen LogP contribution in [0.5, 0.6) is 0 Å². The van der Waals surface area contributed by atoms with Gasteiger partial charge in [0.25, 0.3) is 10.0 Å². The van der Waals surface area contributed by atoms with Gasteiger partial charge in [-0.2, -0.15) is 14.3 Å². The number of benzene rings is 1. The fraction of sp³-hybridized carbons (Fsp3) is 0.423. The van der Waals surface area contributed by atoms with Crippen LogP contribution in [0.25, 0.3) is 11.2 Å². The van der Waals surface area contributed by atoms with Crippen LogP contribution in [0.2, 0.25) is 4.34 Å². The lowest BCUT2D eigenvalue weighted by molar-refractivity contribution is 0.120. The molecule has 2 saturated heterocycles. The molecule has 2 aliphatic rings. The van der Waals surface area contributed by atoms with E-state index in [1.165, 1.54) is 9.87 Å². The van der Waals surface area contributed by atoms with Gasteiger partial charge >= 0.3 is 0 Å². The molecule has 13 heteroatoms. The van der Waals surface area contributed by atoms with Crippen LogP contribution in [-0.2, 0) is 21.3 Å². The third kappa shape index (κ3) is 5.62. The highest BCUT2D eigenvalue weighted by Gasteiger charge is 2.31. The zero-order chi connectivity index (χ0) is 27.0. The van der Waals surface area contributed by atoms with Gasteiger partial charge in [0.05, 0.1) is 23.3 Å². The molecular weight excluding hydrogens is 558 g/mol. The van der Waals surface area contributed by atoms with Crippen molar-refractivity contribution in [3.63, 3.8) is 0 Å². The van der Waals surface area contributed by atoms with Gasteiger partial charge in [0.2, 0.25) is 5.95 Å². The van der Waals surface area contributed by atoms with Crippen molar-refractivity contribution in [1.82, 2.24) is 23.8 Å². The van der Waals surface area contributed by atoms with E-state index < -0.39 is 10.0 Å². The quantitative estimate of drug-likeness (QED) is 0.330. The predicted molar refractivity (Wildman–Crippen MR) is 153 cm³/mol. The van der Waals surface area contributed by atoms with Crippen molar-refractivity contribution < 1.29 is 13.2 Å². The summed E-state index contributed by atoms with van der Waals surface area (Å²) in [5.74, 6) is 1.22. The van der Waals surface area contributed by atoms with E-state index in [0.29, 0.717) is 60.9 Å². The monoisotopic (exact) mass is 587 g/mol. The summed E-state index contributed by atoms with van der Waals surface area (Å²) in [5, 5.41) is 3.46. The van der Waals surface area contributed by atoms with E-state index in [2.05, 4.69) is 41.5 Å². The molecule has 1 aromatic carbocycles. The number of fused-ring (bicyclic) bond motifs is 1. The van der Waals surface area contributed by atoms with Crippen LogP contribution in [0, 0.1) is 6.92 Å². The molecule has 206 valence electrons. The van der Waals surface area contributed by atoms with Crippen molar-refractivity contribution >= 4 is 55.9 Å². The molecule has 5 heterocycles. The molecule has 39 heavy (non-hydrogen) atoms. The normalized spacial score (nSPS) is 18.7. The van der Waals surface area contributed by atoms with Crippen molar-refractivity contribution in [1.29, 1.82) is 0 Å². The molecule has 1 N–H and O–H groups in total. The van der Waals surface area contributed by atoms with Gasteiger partial charge in [-0.3, -0.25) is 0 Å². The number of nitrogens with one attached hydrogen (secondary N) is 1. The first-order chi connectivity index (χ1) is 18.9. The van der Waals surface area contributed by atoms with E-state index >= 15 is 0 Å². The lowest BCUT2D eigenvalue weighted by atomic mass is 10.1. The maximum absolute atomic E-state index is 13.1. The number of nitrogens with zero attached hydrogens (tertiary/aromatic N) is 6. The molecular formula is C26H30ClN7O3S2. The maximum atomic E-state index is 13.1. The second-order valence-corrected chi connectivity index (χ2v) is 13.8. The number of aromatic nitrogens is 4. The Labute approximate surface area is 236 Å². The number of sulfonamides is 1. The summed E-state index contributed by atoms with van der Waals surface area (Å²) in [4.78, 5) is 16.5. The minimum atomic E-state index is -3.58. The third-order valence-corrected chi connectivity index (χ3v) is 10.7. The van der Waals surface area contributed by atoms with Gasteiger partial charge in [-0.05, 0) is 37.5 Å². The largest absolute Gasteiger partial charge is 0.376 e. The first-order valence-corrected chi connectivity index (χ1v) is 15.6. The summed E-state index contributed by atoms with van der Waals surface area (Å²) in [7, 11) is -3.58. The summed E-state index contributed by atoms with van der Waals surface area (Å²) in [6.45, 7) is 5.76. The van der Waals surface area contributed by atoms with Gasteiger partial charge in [-0.15, -0.1) is 11.3 Å². The molecule has 0 amide bonds. The van der Waals surface area contributed by atoms with Crippen LogP contribution in [0.15, 0.2) is 46.9 Å². The van der Waals surface area contributed by atoms with Crippen LogP contribution in [0.3, 0.4) is 0 Å². The molecule has 6 rings (SSSR count). The summed E-state index contributed by atoms with van der Waals surface area (Å²) >= 11 is 7.07. The summed E-state index contributed by atoms with van der Waals surface area (Å²) < 4.78 is 36.2. The van der Waals surface area contributed by atoms with Crippen LogP contribution >= 0.6 is 22.9 Å². The zero-order valence-electron chi connectivity index (χ0n) is 21.6. The Morgan fingerprint density at radius 3 is 2.72 bits per heavy atom. The van der Waals surface area contributed by atoms with Gasteiger partial charge in [-0.25, -0.2) is 13.4 Å². The zero-order valence-corrected chi connectivity index (χ0v) is 24.0. The minimum Gasteiger partial charge on any atom is -0.376 e. The molecule has 0 radical (unpaired) electrons. The lowest BCUT2D eigenvalue weighted by Crippen LogP contribution is -2.49. The van der Waals surface area contributed by atoms with Crippen molar-refractivity contribution in [2.75, 3.05) is 49.5 Å². The van der Waals surface area contributed by atoms with Crippen molar-refractivity contribution in [2.24, 2.45) is 0 Å². The molecule has 3 aromatic heterocycles. The number of hydrogen-bond donors (Lipinski definition) is 1. The van der Waals surface area contributed by atoms with E-state index in [4.69, 9.17) is 26.3 Å². The summed E-state index contributed by atoms with van der Waals surface area (Å²) in [6.07, 6.45) is 4.03. The number of halogens is 1. The number of piperazine rings is 1. The van der Waals surface area contributed by atoms with Crippen LogP contribution in [-0.4, -0.2) is 77.7 Å². The van der Waals surface area contributed by atoms with Crippen LogP contribution in [0.4, 0.5) is 11.8 Å². The summed E-state index contributed by atoms with van der Waals surface area (Å²) in [5.41, 5.74) is 3.81. The topological polar surface area (TPSA) is 105 Å². The fourth-order valence-corrected chi connectivity index (χ4v) is 8.09. The Morgan fingerprint density at radius 2 is 2.00 bits per heavy atom. The fourth-order valence-electron chi connectivity index (χ4n) is 5.03. The van der Waals surface area contributed by atoms with E-state index in [0.717, 1.165) is 42.0 Å². The molecule has 0 bridgehead atoms. The second-order valence-electron chi connectivity index (χ2n) is 9.87. The molecule has 2 aliphatic heterocycles. The van der Waals surface area contributed by atoms with Crippen LogP contribution < -0.4 is 10.2 Å². The molecule has 0 spiro atoms. The number of anilines is 2. The van der Waals surface area contributed by atoms with Gasteiger partial charge < -0.3 is 19.5 Å². The summed E-state index contributed by atoms with van der Waals surface area (Å²) in [6, 6.07) is 11.6. The Bertz CT molecular complexity index is 1580. The Hall–Kier alpha value is -2.77. The number of thiophene rings is 1. The standard InChI is InChI=1S/C26H30ClN7O3S2/c1-18-4-2-5-19(14-18)16-33-17-29-23-24(28-15-20-6-3-13-37-20)30-26(31-25(23)33)32-9-11-34(12-10-32)39(35,36)22-8-7-21(27)38-22/h2,4-5,7-8,14,17,20H,3,6,9-13,15-16H2,1H3,(H,28,30,31). The molecule has 10 nitrogen and oxygen atoms in total. The number of aryl methyl sites for hydroxylation is 1. The molecule has 1 unspecified atom stereocenters. The van der Waals surface area contributed by atoms with Crippen LogP contribution in [0.1, 0.15) is 24.0 Å². The van der Waals surface area contributed by atoms with Crippen molar-refractivity contribution in [3.05, 3.63) is 58.2 Å². The minimum absolute atomic E-state index is 0.146. The highest BCUT2D eigenvalue weighted by Crippen LogP contribution is 2.30. The van der Waals surface area contributed by atoms with E-state index in [1.54, 1.807) is 18.5 Å². The highest BCUT2D eigenvalue weighted by atomic mass is 35.5. The molecule has 4 aromatic rings. The van der Waals surface area contributed by atoms with Gasteiger partial charge in [0.1, 0.15) is 4.21 Å². The molecule has 2 fully saturated rings. The maximum Gasteiger partial charge on any atom is 0.252 e. The number of rotatable bonds is 8. The second kappa shape index (κ2) is 11.0. The van der Waals surface area contributed by atoms with Crippen molar-refractivity contribution in [2.45, 2.75) is 36.6 Å². The number of imidazole rings is 1. The van der Waals surface area contributed by atoms with E-state index in [9.17, 15) is 8.42 Å². The lowest BCUT2D eigenvalue weighted by Gasteiger charge is -2.33. The highest BCUT2D eigenvalue weighted by molar-refractivity contribution is 7.91. The van der Waals surface area contributed by atoms with Crippen molar-refractivity contribution in [3.8, 4) is 0 Å². The van der Waals surface area contributed by atoms with Gasteiger partial charge in [-0.1, -0.05) is 41.4 Å². The van der Waals surface area contributed by atoms with Gasteiger partial charge in [0.15, 0.2) is 17.0 Å². The average molecular weight is 588 g/mol. The third-order valence-electron chi connectivity index (χ3n) is 7.07. The first kappa shape index (κ1) is 26.5. The average Bonchev–Trinajstić information content (AvgIpc) is 3.70. The number of ether oxygens (including phenoxy) is 1. The first-order valence-electron chi connectivity index (χ1n) is 13.0. The SMILES string of the molecule is Cc1cccc(Cn2cnc3c(NCC4CCCO4)nc(N4CCN(S(=O)(=O)c5ccc(Cl)s5)CC4)nc32)c1. The van der Waals surface area contributed by atoms with E-state index in [1.807, 2.05) is 9.47 Å². The molecule has 0 aliphatic carbocycles. The number of hydrogen-bond acceptors (Lipinski definition) is 9. The van der Waals surface area contributed by atoms with Gasteiger partial charge in [0, 0.05) is 39.3 Å².